The summed E-state index contributed by atoms with van der Waals surface area (Å²) in [6, 6.07) is 0.396. The summed E-state index contributed by atoms with van der Waals surface area (Å²) in [6.45, 7) is 7.36. The van der Waals surface area contributed by atoms with Gasteiger partial charge in [0.25, 0.3) is 0 Å². The topological polar surface area (TPSA) is 45.6 Å². The molecule has 112 valence electrons. The van der Waals surface area contributed by atoms with Crippen LogP contribution in [0.1, 0.15) is 50.3 Å². The van der Waals surface area contributed by atoms with Crippen molar-refractivity contribution in [2.24, 2.45) is 5.41 Å². The molecule has 1 aromatic heterocycles. The van der Waals surface area contributed by atoms with Crippen LogP contribution in [0.2, 0.25) is 0 Å². The summed E-state index contributed by atoms with van der Waals surface area (Å²) in [6.07, 6.45) is 2.73. The molecule has 5 heteroatoms. The molecule has 0 radical (unpaired) electrons. The van der Waals surface area contributed by atoms with Crippen molar-refractivity contribution < 1.29 is 9.84 Å². The summed E-state index contributed by atoms with van der Waals surface area (Å²) >= 11 is 1.65. The molecule has 1 aliphatic carbocycles. The molecular formula is C15H24N2O2S. The van der Waals surface area contributed by atoms with Crippen LogP contribution >= 0.6 is 11.3 Å². The molecule has 4 nitrogen and oxygen atoms in total. The zero-order valence-corrected chi connectivity index (χ0v) is 13.5. The van der Waals surface area contributed by atoms with Gasteiger partial charge in [0.15, 0.2) is 5.13 Å². The fourth-order valence-corrected chi connectivity index (χ4v) is 4.49. The van der Waals surface area contributed by atoms with Gasteiger partial charge >= 0.3 is 0 Å². The second-order valence-electron chi connectivity index (χ2n) is 6.91. The molecule has 1 aliphatic heterocycles. The van der Waals surface area contributed by atoms with Gasteiger partial charge in [0.2, 0.25) is 0 Å². The molecule has 1 N–H and O–H groups in total. The van der Waals surface area contributed by atoms with E-state index < -0.39 is 0 Å². The standard InChI is InChI=1S/C15H24N2O2S/c1-9-11(5-6-19-9)17(4)14-16-10-7-15(2,3)8-12(18)13(10)20-14/h9,11-12,18H,5-8H2,1-4H3. The normalized spacial score (nSPS) is 32.1. The van der Waals surface area contributed by atoms with Gasteiger partial charge in [-0.05, 0) is 31.6 Å². The lowest BCUT2D eigenvalue weighted by atomic mass is 9.77. The van der Waals surface area contributed by atoms with E-state index in [-0.39, 0.29) is 17.6 Å². The Bertz CT molecular complexity index is 500. The number of anilines is 1. The van der Waals surface area contributed by atoms with Crippen molar-refractivity contribution in [3.8, 4) is 0 Å². The first-order chi connectivity index (χ1) is 9.37. The van der Waals surface area contributed by atoms with Crippen LogP contribution in [0, 0.1) is 5.41 Å². The molecule has 0 aromatic carbocycles. The zero-order valence-electron chi connectivity index (χ0n) is 12.7. The Hall–Kier alpha value is -0.650. The lowest BCUT2D eigenvalue weighted by Gasteiger charge is -2.31. The molecule has 3 rings (SSSR count). The van der Waals surface area contributed by atoms with Gasteiger partial charge in [0.1, 0.15) is 0 Å². The van der Waals surface area contributed by atoms with E-state index in [1.807, 2.05) is 0 Å². The van der Waals surface area contributed by atoms with Crippen LogP contribution in [0.5, 0.6) is 0 Å². The van der Waals surface area contributed by atoms with E-state index in [9.17, 15) is 5.11 Å². The molecule has 0 amide bonds. The average molecular weight is 296 g/mol. The Morgan fingerprint density at radius 1 is 1.45 bits per heavy atom. The maximum absolute atomic E-state index is 10.3. The van der Waals surface area contributed by atoms with Crippen molar-refractivity contribution in [3.63, 3.8) is 0 Å². The molecule has 2 aliphatic rings. The Kier molecular flexibility index (Phi) is 3.55. The van der Waals surface area contributed by atoms with Crippen LogP contribution in [0.25, 0.3) is 0 Å². The summed E-state index contributed by atoms with van der Waals surface area (Å²) in [4.78, 5) is 8.11. The van der Waals surface area contributed by atoms with Gasteiger partial charge in [0.05, 0.1) is 28.8 Å². The van der Waals surface area contributed by atoms with Crippen LogP contribution in [-0.2, 0) is 11.2 Å². The van der Waals surface area contributed by atoms with Gasteiger partial charge in [0, 0.05) is 13.7 Å². The van der Waals surface area contributed by atoms with Gasteiger partial charge in [-0.1, -0.05) is 25.2 Å². The van der Waals surface area contributed by atoms with Crippen molar-refractivity contribution in [2.75, 3.05) is 18.6 Å². The lowest BCUT2D eigenvalue weighted by molar-refractivity contribution is 0.102. The number of likely N-dealkylation sites (N-methyl/N-ethyl adjacent to an activating group) is 1. The van der Waals surface area contributed by atoms with E-state index in [1.165, 1.54) is 0 Å². The summed E-state index contributed by atoms with van der Waals surface area (Å²) in [7, 11) is 2.09. The van der Waals surface area contributed by atoms with Gasteiger partial charge in [-0.3, -0.25) is 0 Å². The van der Waals surface area contributed by atoms with Gasteiger partial charge < -0.3 is 14.7 Å². The van der Waals surface area contributed by atoms with Gasteiger partial charge in [-0.15, -0.1) is 0 Å². The second kappa shape index (κ2) is 4.97. The third-order valence-electron chi connectivity index (χ3n) is 4.55. The molecule has 20 heavy (non-hydrogen) atoms. The summed E-state index contributed by atoms with van der Waals surface area (Å²) in [5, 5.41) is 11.4. The molecule has 3 atom stereocenters. The minimum Gasteiger partial charge on any atom is -0.387 e. The maximum Gasteiger partial charge on any atom is 0.185 e. The third kappa shape index (κ3) is 2.47. The number of aromatic nitrogens is 1. The minimum atomic E-state index is -0.356. The Balaban J connectivity index is 1.86. The number of aliphatic hydroxyl groups excluding tert-OH is 1. The SMILES string of the molecule is CC1OCCC1N(C)c1nc2c(s1)C(O)CC(C)(C)C2. The van der Waals surface area contributed by atoms with Crippen molar-refractivity contribution in [3.05, 3.63) is 10.6 Å². The van der Waals surface area contributed by atoms with Gasteiger partial charge in [-0.25, -0.2) is 4.98 Å². The first-order valence-corrected chi connectivity index (χ1v) is 8.21. The predicted octanol–water partition coefficient (Wildman–Crippen LogP) is 2.76. The highest BCUT2D eigenvalue weighted by Crippen LogP contribution is 2.45. The van der Waals surface area contributed by atoms with Crippen LogP contribution in [0.4, 0.5) is 5.13 Å². The number of thiazole rings is 1. The van der Waals surface area contributed by atoms with E-state index >= 15 is 0 Å². The van der Waals surface area contributed by atoms with E-state index in [0.29, 0.717) is 6.04 Å². The smallest absolute Gasteiger partial charge is 0.185 e. The number of rotatable bonds is 2. The zero-order chi connectivity index (χ0) is 14.5. The maximum atomic E-state index is 10.3. The number of hydrogen-bond acceptors (Lipinski definition) is 5. The first kappa shape index (κ1) is 14.3. The largest absolute Gasteiger partial charge is 0.387 e. The highest BCUT2D eigenvalue weighted by Gasteiger charge is 2.36. The molecule has 1 fully saturated rings. The monoisotopic (exact) mass is 296 g/mol. The Morgan fingerprint density at radius 3 is 2.85 bits per heavy atom. The number of ether oxygens (including phenoxy) is 1. The fraction of sp³-hybridized carbons (Fsp3) is 0.800. The van der Waals surface area contributed by atoms with Crippen molar-refractivity contribution in [1.29, 1.82) is 0 Å². The molecule has 1 saturated heterocycles. The molecule has 0 saturated carbocycles. The second-order valence-corrected chi connectivity index (χ2v) is 7.92. The average Bonchev–Trinajstić information content (AvgIpc) is 2.93. The van der Waals surface area contributed by atoms with Crippen LogP contribution in [0.15, 0.2) is 0 Å². The van der Waals surface area contributed by atoms with Crippen molar-refractivity contribution in [2.45, 2.75) is 58.3 Å². The summed E-state index contributed by atoms with van der Waals surface area (Å²) < 4.78 is 5.65. The quantitative estimate of drug-likeness (QED) is 0.911. The molecule has 0 spiro atoms. The summed E-state index contributed by atoms with van der Waals surface area (Å²) in [5.41, 5.74) is 1.23. The van der Waals surface area contributed by atoms with E-state index in [2.05, 4.69) is 32.7 Å². The molecular weight excluding hydrogens is 272 g/mol. The number of fused-ring (bicyclic) bond motifs is 1. The number of aliphatic hydroxyl groups is 1. The minimum absolute atomic E-state index is 0.139. The van der Waals surface area contributed by atoms with Crippen LogP contribution in [-0.4, -0.2) is 35.9 Å². The van der Waals surface area contributed by atoms with Crippen molar-refractivity contribution in [1.82, 2.24) is 4.98 Å². The summed E-state index contributed by atoms with van der Waals surface area (Å²) in [5.74, 6) is 0. The predicted molar refractivity (Wildman–Crippen MR) is 81.4 cm³/mol. The van der Waals surface area contributed by atoms with Gasteiger partial charge in [-0.2, -0.15) is 0 Å². The number of hydrogen-bond donors (Lipinski definition) is 1. The third-order valence-corrected chi connectivity index (χ3v) is 5.84. The highest BCUT2D eigenvalue weighted by atomic mass is 32.1. The van der Waals surface area contributed by atoms with E-state index in [0.717, 1.165) is 41.6 Å². The number of nitrogens with zero attached hydrogens (tertiary/aromatic N) is 2. The van der Waals surface area contributed by atoms with Crippen LogP contribution in [0.3, 0.4) is 0 Å². The molecule has 3 unspecified atom stereocenters. The fourth-order valence-electron chi connectivity index (χ4n) is 3.40. The van der Waals surface area contributed by atoms with E-state index in [1.54, 1.807) is 11.3 Å². The van der Waals surface area contributed by atoms with E-state index in [4.69, 9.17) is 9.72 Å². The molecule has 1 aromatic rings. The first-order valence-electron chi connectivity index (χ1n) is 7.39. The lowest BCUT2D eigenvalue weighted by Crippen LogP contribution is -2.36. The van der Waals surface area contributed by atoms with Crippen LogP contribution < -0.4 is 4.90 Å². The molecule has 0 bridgehead atoms. The molecule has 2 heterocycles. The Morgan fingerprint density at radius 2 is 2.20 bits per heavy atom. The van der Waals surface area contributed by atoms with Crippen molar-refractivity contribution >= 4 is 16.5 Å². The Labute approximate surface area is 124 Å². The highest BCUT2D eigenvalue weighted by molar-refractivity contribution is 7.15.